The van der Waals surface area contributed by atoms with Crippen LogP contribution in [0.15, 0.2) is 23.0 Å². The van der Waals surface area contributed by atoms with Gasteiger partial charge in [0.25, 0.3) is 5.56 Å². The zero-order chi connectivity index (χ0) is 21.7. The summed E-state index contributed by atoms with van der Waals surface area (Å²) in [4.78, 5) is 21.1. The van der Waals surface area contributed by atoms with Crippen LogP contribution in [0, 0.1) is 0 Å². The number of nitrogens with one attached hydrogen (secondary N) is 1. The minimum Gasteiger partial charge on any atom is -0.454 e. The maximum atomic E-state index is 13.4. The van der Waals surface area contributed by atoms with Gasteiger partial charge in [0.2, 0.25) is 6.79 Å². The highest BCUT2D eigenvalue weighted by Gasteiger charge is 2.34. The molecule has 6 rings (SSSR count). The number of aromatic nitrogens is 5. The zero-order valence-electron chi connectivity index (χ0n) is 18.2. The Morgan fingerprint density at radius 1 is 1.06 bits per heavy atom. The van der Waals surface area contributed by atoms with Crippen LogP contribution < -0.4 is 15.0 Å². The highest BCUT2D eigenvalue weighted by Crippen LogP contribution is 2.37. The molecule has 4 heterocycles. The molecule has 1 saturated carbocycles. The largest absolute Gasteiger partial charge is 0.454 e. The number of ether oxygens (including phenoxy) is 2. The first-order chi connectivity index (χ1) is 15.7. The molecule has 0 radical (unpaired) electrons. The molecule has 1 aliphatic carbocycles. The van der Waals surface area contributed by atoms with Gasteiger partial charge in [0.05, 0.1) is 11.6 Å². The summed E-state index contributed by atoms with van der Waals surface area (Å²) in [6.07, 6.45) is 4.52. The normalized spacial score (nSPS) is 20.9. The number of aromatic amines is 1. The summed E-state index contributed by atoms with van der Waals surface area (Å²) in [6.45, 7) is 3.76. The molecular weight excluding hydrogens is 410 g/mol. The molecule has 2 fully saturated rings. The van der Waals surface area contributed by atoms with E-state index in [9.17, 15) is 4.79 Å². The summed E-state index contributed by atoms with van der Waals surface area (Å²) < 4.78 is 13.0. The molecule has 0 unspecified atom stereocenters. The van der Waals surface area contributed by atoms with Crippen molar-refractivity contribution in [3.8, 4) is 11.5 Å². The lowest BCUT2D eigenvalue weighted by atomic mass is 10.0. The highest BCUT2D eigenvalue weighted by atomic mass is 16.7. The maximum Gasteiger partial charge on any atom is 0.253 e. The van der Waals surface area contributed by atoms with Crippen molar-refractivity contribution in [2.75, 3.05) is 40.0 Å². The third kappa shape index (κ3) is 3.34. The molecular formula is C22H27N7O3. The van der Waals surface area contributed by atoms with Gasteiger partial charge in [-0.3, -0.25) is 9.69 Å². The first-order valence-electron chi connectivity index (χ1n) is 11.3. The zero-order valence-corrected chi connectivity index (χ0v) is 18.2. The predicted octanol–water partition coefficient (Wildman–Crippen LogP) is 1.70. The van der Waals surface area contributed by atoms with Gasteiger partial charge < -0.3 is 19.4 Å². The highest BCUT2D eigenvalue weighted by molar-refractivity contribution is 5.83. The Morgan fingerprint density at radius 3 is 2.59 bits per heavy atom. The Balaban J connectivity index is 1.48. The number of rotatable bonds is 4. The van der Waals surface area contributed by atoms with Gasteiger partial charge in [-0.2, -0.15) is 0 Å². The van der Waals surface area contributed by atoms with Crippen LogP contribution >= 0.6 is 0 Å². The van der Waals surface area contributed by atoms with Crippen LogP contribution in [0.4, 0.5) is 0 Å². The van der Waals surface area contributed by atoms with E-state index in [0.717, 1.165) is 55.7 Å². The van der Waals surface area contributed by atoms with Crippen LogP contribution in [0.25, 0.3) is 10.9 Å². The van der Waals surface area contributed by atoms with Gasteiger partial charge in [-0.25, -0.2) is 4.68 Å². The van der Waals surface area contributed by atoms with Gasteiger partial charge >= 0.3 is 0 Å². The fraction of sp³-hybridized carbons (Fsp3) is 0.545. The molecule has 10 nitrogen and oxygen atoms in total. The molecule has 1 N–H and O–H groups in total. The predicted molar refractivity (Wildman–Crippen MR) is 117 cm³/mol. The Kier molecular flexibility index (Phi) is 4.83. The number of hydrogen-bond acceptors (Lipinski definition) is 8. The molecule has 2 aliphatic heterocycles. The van der Waals surface area contributed by atoms with E-state index in [2.05, 4.69) is 37.4 Å². The fourth-order valence-corrected chi connectivity index (χ4v) is 5.18. The quantitative estimate of drug-likeness (QED) is 0.658. The molecule has 1 aromatic carbocycles. The van der Waals surface area contributed by atoms with Gasteiger partial charge in [0.1, 0.15) is 6.04 Å². The molecule has 1 atom stereocenters. The molecule has 0 bridgehead atoms. The van der Waals surface area contributed by atoms with Crippen molar-refractivity contribution in [1.29, 1.82) is 0 Å². The van der Waals surface area contributed by atoms with E-state index in [1.807, 2.05) is 22.9 Å². The van der Waals surface area contributed by atoms with Gasteiger partial charge in [-0.15, -0.1) is 5.10 Å². The molecule has 168 valence electrons. The lowest BCUT2D eigenvalue weighted by Gasteiger charge is -2.37. The Labute approximate surface area is 185 Å². The standard InChI is InChI=1S/C22H27N7O3/c1-27-6-8-28(9-7-27)20(21-24-25-26-29(21)15-4-2-3-5-15)16-10-14-11-18-19(32-13-31-18)12-17(14)23-22(16)30/h10-12,15,20H,2-9,13H2,1H3,(H,23,30)/t20-/m0/s1. The lowest BCUT2D eigenvalue weighted by molar-refractivity contribution is 0.120. The number of benzene rings is 1. The topological polar surface area (TPSA) is 101 Å². The SMILES string of the molecule is CN1CCN([C@@H](c2cc3cc4c(cc3[nH]c2=O)OCO4)c2nnnn2C2CCCC2)CC1. The number of H-pyrrole nitrogens is 1. The van der Waals surface area contributed by atoms with Crippen LogP contribution in [0.1, 0.15) is 49.2 Å². The molecule has 0 amide bonds. The number of hydrogen-bond donors (Lipinski definition) is 1. The Hall–Kier alpha value is -2.98. The summed E-state index contributed by atoms with van der Waals surface area (Å²) in [5.41, 5.74) is 1.27. The summed E-state index contributed by atoms with van der Waals surface area (Å²) >= 11 is 0. The van der Waals surface area contributed by atoms with E-state index >= 15 is 0 Å². The number of pyridine rings is 1. The van der Waals surface area contributed by atoms with Gasteiger partial charge in [-0.1, -0.05) is 12.8 Å². The molecule has 3 aliphatic rings. The second-order valence-electron chi connectivity index (χ2n) is 9.01. The molecule has 32 heavy (non-hydrogen) atoms. The summed E-state index contributed by atoms with van der Waals surface area (Å²) in [5, 5.41) is 13.8. The van der Waals surface area contributed by atoms with E-state index in [1.165, 1.54) is 12.8 Å². The van der Waals surface area contributed by atoms with Crippen molar-refractivity contribution in [2.45, 2.75) is 37.8 Å². The molecule has 1 saturated heterocycles. The van der Waals surface area contributed by atoms with Crippen molar-refractivity contribution < 1.29 is 9.47 Å². The van der Waals surface area contributed by atoms with Crippen LogP contribution in [-0.2, 0) is 0 Å². The number of nitrogens with zero attached hydrogens (tertiary/aromatic N) is 6. The number of fused-ring (bicyclic) bond motifs is 2. The van der Waals surface area contributed by atoms with E-state index in [0.29, 0.717) is 23.1 Å². The average Bonchev–Trinajstić information content (AvgIpc) is 3.55. The molecule has 2 aromatic heterocycles. The monoisotopic (exact) mass is 437 g/mol. The molecule has 10 heteroatoms. The van der Waals surface area contributed by atoms with Crippen LogP contribution in [0.2, 0.25) is 0 Å². The Bertz CT molecular complexity index is 1190. The smallest absolute Gasteiger partial charge is 0.253 e. The summed E-state index contributed by atoms with van der Waals surface area (Å²) in [7, 11) is 2.13. The van der Waals surface area contributed by atoms with Gasteiger partial charge in [-0.05, 0) is 42.4 Å². The first kappa shape index (κ1) is 19.7. The van der Waals surface area contributed by atoms with Crippen molar-refractivity contribution in [1.82, 2.24) is 35.0 Å². The third-order valence-electron chi connectivity index (χ3n) is 7.00. The fourth-order valence-electron chi connectivity index (χ4n) is 5.18. The number of piperazine rings is 1. The van der Waals surface area contributed by atoms with E-state index in [-0.39, 0.29) is 18.4 Å². The van der Waals surface area contributed by atoms with Crippen molar-refractivity contribution >= 4 is 10.9 Å². The van der Waals surface area contributed by atoms with Gasteiger partial charge in [0, 0.05) is 43.2 Å². The van der Waals surface area contributed by atoms with E-state index < -0.39 is 0 Å². The minimum atomic E-state index is -0.308. The van der Waals surface area contributed by atoms with Crippen molar-refractivity contribution in [3.05, 3.63) is 39.9 Å². The number of tetrazole rings is 1. The Morgan fingerprint density at radius 2 is 1.81 bits per heavy atom. The second-order valence-corrected chi connectivity index (χ2v) is 9.01. The number of likely N-dealkylation sites (N-methyl/N-ethyl adjacent to an activating group) is 1. The first-order valence-corrected chi connectivity index (χ1v) is 11.3. The third-order valence-corrected chi connectivity index (χ3v) is 7.00. The van der Waals surface area contributed by atoms with Crippen LogP contribution in [0.5, 0.6) is 11.5 Å². The van der Waals surface area contributed by atoms with Crippen LogP contribution in [-0.4, -0.2) is 75.0 Å². The van der Waals surface area contributed by atoms with Crippen molar-refractivity contribution in [3.63, 3.8) is 0 Å². The second kappa shape index (κ2) is 7.86. The summed E-state index contributed by atoms with van der Waals surface area (Å²) in [6, 6.07) is 5.71. The lowest BCUT2D eigenvalue weighted by Crippen LogP contribution is -2.47. The van der Waals surface area contributed by atoms with Gasteiger partial charge in [0.15, 0.2) is 17.3 Å². The minimum absolute atomic E-state index is 0.124. The van der Waals surface area contributed by atoms with E-state index in [4.69, 9.17) is 9.47 Å². The molecule has 3 aromatic rings. The average molecular weight is 438 g/mol. The van der Waals surface area contributed by atoms with E-state index in [1.54, 1.807) is 0 Å². The van der Waals surface area contributed by atoms with Crippen molar-refractivity contribution in [2.24, 2.45) is 0 Å². The summed E-state index contributed by atoms with van der Waals surface area (Å²) in [5.74, 6) is 2.11. The molecule has 0 spiro atoms. The van der Waals surface area contributed by atoms with Crippen LogP contribution in [0.3, 0.4) is 0 Å². The maximum absolute atomic E-state index is 13.4.